The molecule has 1 heterocycles. The molecular formula is C16H18N4O4. The molecule has 0 bridgehead atoms. The fraction of sp³-hybridized carbons (Fsp3) is 0.250. The van der Waals surface area contributed by atoms with Crippen molar-refractivity contribution >= 4 is 11.8 Å². The molecule has 0 aliphatic carbocycles. The molecule has 0 radical (unpaired) electrons. The van der Waals surface area contributed by atoms with Gasteiger partial charge < -0.3 is 9.47 Å². The Balaban J connectivity index is 1.63. The van der Waals surface area contributed by atoms with Crippen LogP contribution in [0.3, 0.4) is 0 Å². The van der Waals surface area contributed by atoms with Crippen molar-refractivity contribution in [1.82, 2.24) is 20.8 Å². The number of hydrazine groups is 1. The molecule has 0 unspecified atom stereocenters. The maximum atomic E-state index is 11.6. The van der Waals surface area contributed by atoms with Crippen LogP contribution in [0.4, 0.5) is 0 Å². The molecule has 0 saturated heterocycles. The fourth-order valence-electron chi connectivity index (χ4n) is 1.81. The number of hydrogen-bond donors (Lipinski definition) is 2. The predicted molar refractivity (Wildman–Crippen MR) is 84.7 cm³/mol. The molecule has 8 nitrogen and oxygen atoms in total. The van der Waals surface area contributed by atoms with E-state index in [9.17, 15) is 9.59 Å². The van der Waals surface area contributed by atoms with E-state index < -0.39 is 5.91 Å². The maximum absolute atomic E-state index is 11.6. The molecule has 2 N–H and O–H groups in total. The summed E-state index contributed by atoms with van der Waals surface area (Å²) in [7, 11) is 1.59. The van der Waals surface area contributed by atoms with Crippen LogP contribution >= 0.6 is 0 Å². The minimum Gasteiger partial charge on any atom is -0.497 e. The van der Waals surface area contributed by atoms with E-state index in [1.54, 1.807) is 7.11 Å². The molecule has 0 fully saturated rings. The van der Waals surface area contributed by atoms with Crippen LogP contribution in [0.1, 0.15) is 11.1 Å². The van der Waals surface area contributed by atoms with Gasteiger partial charge in [0.25, 0.3) is 5.91 Å². The number of benzene rings is 1. The minimum absolute atomic E-state index is 0.0772. The van der Waals surface area contributed by atoms with Gasteiger partial charge in [-0.15, -0.1) is 0 Å². The summed E-state index contributed by atoms with van der Waals surface area (Å²) in [5, 5.41) is 0. The number of nitrogens with one attached hydrogen (secondary N) is 2. The molecule has 24 heavy (non-hydrogen) atoms. The third-order valence-electron chi connectivity index (χ3n) is 2.98. The van der Waals surface area contributed by atoms with E-state index in [0.717, 1.165) is 11.3 Å². The predicted octanol–water partition coefficient (Wildman–Crippen LogP) is 0.392. The van der Waals surface area contributed by atoms with Crippen LogP contribution in [0.2, 0.25) is 0 Å². The molecule has 0 saturated carbocycles. The number of rotatable bonds is 7. The first-order valence-corrected chi connectivity index (χ1v) is 7.19. The van der Waals surface area contributed by atoms with Gasteiger partial charge in [0.15, 0.2) is 0 Å². The van der Waals surface area contributed by atoms with Crippen LogP contribution in [-0.4, -0.2) is 35.5 Å². The van der Waals surface area contributed by atoms with Crippen LogP contribution in [0, 0.1) is 0 Å². The van der Waals surface area contributed by atoms with Crippen LogP contribution in [-0.2, 0) is 27.4 Å². The van der Waals surface area contributed by atoms with Crippen molar-refractivity contribution in [1.29, 1.82) is 0 Å². The molecule has 1 aromatic heterocycles. The van der Waals surface area contributed by atoms with Crippen molar-refractivity contribution in [2.24, 2.45) is 0 Å². The number of aromatic nitrogens is 2. The van der Waals surface area contributed by atoms with Gasteiger partial charge in [0.05, 0.1) is 20.1 Å². The van der Waals surface area contributed by atoms with Crippen molar-refractivity contribution in [3.63, 3.8) is 0 Å². The Labute approximate surface area is 139 Å². The zero-order valence-electron chi connectivity index (χ0n) is 13.2. The zero-order chi connectivity index (χ0) is 17.2. The molecular weight excluding hydrogens is 312 g/mol. The first kappa shape index (κ1) is 17.4. The standard InChI is InChI=1S/C16H18N4O4/c1-23-14-4-2-12(3-5-14)9-24-10-16(22)20-19-15(21)6-13-7-17-11-18-8-13/h2-5,7-8,11H,6,9-10H2,1H3,(H,19,21)(H,20,22). The second-order valence-electron chi connectivity index (χ2n) is 4.86. The lowest BCUT2D eigenvalue weighted by Crippen LogP contribution is -2.44. The van der Waals surface area contributed by atoms with E-state index in [2.05, 4.69) is 20.8 Å². The van der Waals surface area contributed by atoms with Gasteiger partial charge in [0.2, 0.25) is 5.91 Å². The summed E-state index contributed by atoms with van der Waals surface area (Å²) in [6, 6.07) is 7.32. The number of ether oxygens (including phenoxy) is 2. The quantitative estimate of drug-likeness (QED) is 0.712. The summed E-state index contributed by atoms with van der Waals surface area (Å²) in [6.07, 6.45) is 4.52. The molecule has 126 valence electrons. The van der Waals surface area contributed by atoms with Gasteiger partial charge in [-0.25, -0.2) is 9.97 Å². The fourth-order valence-corrected chi connectivity index (χ4v) is 1.81. The number of nitrogens with zero attached hydrogens (tertiary/aromatic N) is 2. The maximum Gasteiger partial charge on any atom is 0.264 e. The SMILES string of the molecule is COc1ccc(COCC(=O)NNC(=O)Cc2cncnc2)cc1. The highest BCUT2D eigenvalue weighted by molar-refractivity contribution is 5.83. The summed E-state index contributed by atoms with van der Waals surface area (Å²) in [6.45, 7) is 0.119. The van der Waals surface area contributed by atoms with Gasteiger partial charge in [0.1, 0.15) is 18.7 Å². The van der Waals surface area contributed by atoms with Crippen LogP contribution < -0.4 is 15.6 Å². The van der Waals surface area contributed by atoms with Crippen molar-refractivity contribution in [2.75, 3.05) is 13.7 Å². The van der Waals surface area contributed by atoms with E-state index in [1.165, 1.54) is 18.7 Å². The lowest BCUT2D eigenvalue weighted by atomic mass is 10.2. The average molecular weight is 330 g/mol. The third kappa shape index (κ3) is 6.01. The van der Waals surface area contributed by atoms with E-state index in [0.29, 0.717) is 5.56 Å². The first-order valence-electron chi connectivity index (χ1n) is 7.19. The number of hydrogen-bond acceptors (Lipinski definition) is 6. The molecule has 0 atom stereocenters. The molecule has 0 spiro atoms. The van der Waals surface area contributed by atoms with E-state index >= 15 is 0 Å². The lowest BCUT2D eigenvalue weighted by molar-refractivity contribution is -0.131. The Kier molecular flexibility index (Phi) is 6.66. The second kappa shape index (κ2) is 9.21. The number of carbonyl (C=O) groups excluding carboxylic acids is 2. The van der Waals surface area contributed by atoms with Crippen molar-refractivity contribution in [3.8, 4) is 5.75 Å². The Hall–Kier alpha value is -3.00. The number of amides is 2. The average Bonchev–Trinajstić information content (AvgIpc) is 2.61. The molecule has 1 aromatic carbocycles. The first-order chi connectivity index (χ1) is 11.7. The largest absolute Gasteiger partial charge is 0.497 e. The number of carbonyl (C=O) groups is 2. The molecule has 2 amide bonds. The van der Waals surface area contributed by atoms with Crippen molar-refractivity contribution in [2.45, 2.75) is 13.0 Å². The summed E-state index contributed by atoms with van der Waals surface area (Å²) < 4.78 is 10.3. The Bertz CT molecular complexity index is 662. The minimum atomic E-state index is -0.443. The molecule has 2 rings (SSSR count). The monoisotopic (exact) mass is 330 g/mol. The van der Waals surface area contributed by atoms with E-state index in [1.807, 2.05) is 24.3 Å². The summed E-state index contributed by atoms with van der Waals surface area (Å²) in [5.74, 6) is -0.0579. The van der Waals surface area contributed by atoms with Gasteiger partial charge in [0, 0.05) is 12.4 Å². The van der Waals surface area contributed by atoms with E-state index in [4.69, 9.17) is 9.47 Å². The van der Waals surface area contributed by atoms with Crippen molar-refractivity contribution in [3.05, 3.63) is 54.1 Å². The molecule has 0 aliphatic rings. The highest BCUT2D eigenvalue weighted by atomic mass is 16.5. The van der Waals surface area contributed by atoms with Gasteiger partial charge in [-0.1, -0.05) is 12.1 Å². The molecule has 2 aromatic rings. The van der Waals surface area contributed by atoms with Gasteiger partial charge in [-0.05, 0) is 23.3 Å². The summed E-state index contributed by atoms with van der Waals surface area (Å²) >= 11 is 0. The van der Waals surface area contributed by atoms with Crippen LogP contribution in [0.15, 0.2) is 43.0 Å². The Morgan fingerprint density at radius 3 is 2.33 bits per heavy atom. The van der Waals surface area contributed by atoms with Gasteiger partial charge in [-0.3, -0.25) is 20.4 Å². The summed E-state index contributed by atoms with van der Waals surface area (Å²) in [5.41, 5.74) is 6.15. The molecule has 8 heteroatoms. The van der Waals surface area contributed by atoms with Crippen LogP contribution in [0.5, 0.6) is 5.75 Å². The topological polar surface area (TPSA) is 102 Å². The third-order valence-corrected chi connectivity index (χ3v) is 2.98. The molecule has 0 aliphatic heterocycles. The van der Waals surface area contributed by atoms with E-state index in [-0.39, 0.29) is 25.5 Å². The van der Waals surface area contributed by atoms with Crippen molar-refractivity contribution < 1.29 is 19.1 Å². The highest BCUT2D eigenvalue weighted by Gasteiger charge is 2.06. The second-order valence-corrected chi connectivity index (χ2v) is 4.86. The van der Waals surface area contributed by atoms with Crippen LogP contribution in [0.25, 0.3) is 0 Å². The summed E-state index contributed by atoms with van der Waals surface area (Å²) in [4.78, 5) is 30.8. The Morgan fingerprint density at radius 1 is 1.00 bits per heavy atom. The normalized spacial score (nSPS) is 10.0. The smallest absolute Gasteiger partial charge is 0.264 e. The van der Waals surface area contributed by atoms with Gasteiger partial charge >= 0.3 is 0 Å². The highest BCUT2D eigenvalue weighted by Crippen LogP contribution is 2.11. The zero-order valence-corrected chi connectivity index (χ0v) is 13.2. The van der Waals surface area contributed by atoms with Gasteiger partial charge in [-0.2, -0.15) is 0 Å². The number of methoxy groups -OCH3 is 1. The lowest BCUT2D eigenvalue weighted by Gasteiger charge is -2.08. The Morgan fingerprint density at radius 2 is 1.67 bits per heavy atom.